The van der Waals surface area contributed by atoms with Crippen LogP contribution in [0.3, 0.4) is 0 Å². The summed E-state index contributed by atoms with van der Waals surface area (Å²) in [6, 6.07) is 22.1. The Bertz CT molecular complexity index is 1460. The van der Waals surface area contributed by atoms with Crippen LogP contribution in [0, 0.1) is 13.8 Å². The molecule has 232 valence electrons. The van der Waals surface area contributed by atoms with Gasteiger partial charge in [-0.1, -0.05) is 67.9 Å². The number of nitrogens with zero attached hydrogens (tertiary/aromatic N) is 2. The molecule has 1 N–H and O–H groups in total. The molecule has 0 fully saturated rings. The summed E-state index contributed by atoms with van der Waals surface area (Å²) in [4.78, 5) is 29.3. The van der Waals surface area contributed by atoms with Gasteiger partial charge in [0.25, 0.3) is 0 Å². The second-order valence-corrected chi connectivity index (χ2v) is 12.9. The molecule has 0 saturated heterocycles. The predicted octanol–water partition coefficient (Wildman–Crippen LogP) is 5.41. The fraction of sp³-hybridized carbons (Fsp3) is 0.412. The van der Waals surface area contributed by atoms with Gasteiger partial charge >= 0.3 is 0 Å². The Morgan fingerprint density at radius 1 is 0.930 bits per heavy atom. The normalized spacial score (nSPS) is 11.9. The lowest BCUT2D eigenvalue weighted by Crippen LogP contribution is -2.50. The number of ether oxygens (including phenoxy) is 1. The molecule has 0 aliphatic rings. The molecule has 9 heteroatoms. The molecule has 8 nitrogen and oxygen atoms in total. The zero-order chi connectivity index (χ0) is 31.4. The van der Waals surface area contributed by atoms with Gasteiger partial charge in [-0.05, 0) is 67.1 Å². The van der Waals surface area contributed by atoms with Crippen LogP contribution in [-0.2, 0) is 32.6 Å². The van der Waals surface area contributed by atoms with Crippen LogP contribution in [0.1, 0.15) is 54.9 Å². The van der Waals surface area contributed by atoms with Crippen molar-refractivity contribution in [1.82, 2.24) is 10.2 Å². The summed E-state index contributed by atoms with van der Waals surface area (Å²) >= 11 is 0. The third-order valence-corrected chi connectivity index (χ3v) is 8.55. The largest absolute Gasteiger partial charge is 0.497 e. The number of rotatable bonds is 16. The molecule has 3 aromatic carbocycles. The van der Waals surface area contributed by atoms with E-state index in [1.165, 1.54) is 10.6 Å². The highest BCUT2D eigenvalue weighted by atomic mass is 32.2. The lowest BCUT2D eigenvalue weighted by molar-refractivity contribution is -0.141. The number of aryl methyl sites for hydroxylation is 2. The van der Waals surface area contributed by atoms with Crippen LogP contribution in [0.25, 0.3) is 0 Å². The van der Waals surface area contributed by atoms with Crippen molar-refractivity contribution in [2.75, 3.05) is 30.8 Å². The number of carbonyl (C=O) groups excluding carboxylic acids is 2. The summed E-state index contributed by atoms with van der Waals surface area (Å²) in [6.07, 6.45) is 3.69. The van der Waals surface area contributed by atoms with Crippen molar-refractivity contribution in [2.45, 2.75) is 65.5 Å². The van der Waals surface area contributed by atoms with E-state index >= 15 is 0 Å². The fourth-order valence-electron chi connectivity index (χ4n) is 5.00. The van der Waals surface area contributed by atoms with E-state index in [2.05, 4.69) is 12.2 Å². The maximum absolute atomic E-state index is 14.0. The summed E-state index contributed by atoms with van der Waals surface area (Å²) < 4.78 is 32.4. The van der Waals surface area contributed by atoms with Gasteiger partial charge in [0.2, 0.25) is 21.8 Å². The highest BCUT2D eigenvalue weighted by Crippen LogP contribution is 2.25. The van der Waals surface area contributed by atoms with Gasteiger partial charge in [0.05, 0.1) is 19.1 Å². The van der Waals surface area contributed by atoms with Crippen molar-refractivity contribution in [3.63, 3.8) is 0 Å². The van der Waals surface area contributed by atoms with E-state index in [0.29, 0.717) is 30.8 Å². The summed E-state index contributed by atoms with van der Waals surface area (Å²) in [5.41, 5.74) is 4.18. The summed E-state index contributed by atoms with van der Waals surface area (Å²) in [5, 5.41) is 3.03. The Labute approximate surface area is 257 Å². The topological polar surface area (TPSA) is 96.0 Å². The Kier molecular flexibility index (Phi) is 12.6. The smallest absolute Gasteiger partial charge is 0.243 e. The van der Waals surface area contributed by atoms with Crippen molar-refractivity contribution in [3.05, 3.63) is 95.1 Å². The van der Waals surface area contributed by atoms with Gasteiger partial charge in [-0.25, -0.2) is 8.42 Å². The fourth-order valence-corrected chi connectivity index (χ4v) is 6.01. The molecule has 3 rings (SSSR count). The first-order chi connectivity index (χ1) is 20.5. The molecule has 3 aromatic rings. The molecule has 0 bridgehead atoms. The Balaban J connectivity index is 1.91. The Morgan fingerprint density at radius 3 is 2.33 bits per heavy atom. The van der Waals surface area contributed by atoms with Gasteiger partial charge in [0.1, 0.15) is 11.8 Å². The van der Waals surface area contributed by atoms with Crippen LogP contribution < -0.4 is 14.4 Å². The molecule has 0 aromatic heterocycles. The lowest BCUT2D eigenvalue weighted by Gasteiger charge is -2.32. The first-order valence-electron chi connectivity index (χ1n) is 14.8. The average Bonchev–Trinajstić information content (AvgIpc) is 2.98. The zero-order valence-electron chi connectivity index (χ0n) is 26.0. The standard InChI is InChI=1S/C34H45N3O5S/c1-6-7-20-35-34(39)32(24-28-13-9-8-10-14-28)36(25-29-15-11-16-30(23-29)42-4)33(38)17-12-21-37(43(5,40)41)31-22-26(2)18-19-27(31)3/h8-11,13-16,18-19,22-23,32H,6-7,12,17,20-21,24-25H2,1-5H3,(H,35,39). The van der Waals surface area contributed by atoms with Crippen molar-refractivity contribution < 1.29 is 22.7 Å². The number of carbonyl (C=O) groups is 2. The van der Waals surface area contributed by atoms with E-state index in [1.54, 1.807) is 12.0 Å². The predicted molar refractivity (Wildman–Crippen MR) is 173 cm³/mol. The molecule has 1 atom stereocenters. The monoisotopic (exact) mass is 607 g/mol. The van der Waals surface area contributed by atoms with Crippen molar-refractivity contribution in [3.8, 4) is 5.75 Å². The second-order valence-electron chi connectivity index (χ2n) is 11.0. The highest BCUT2D eigenvalue weighted by Gasteiger charge is 2.30. The molecule has 43 heavy (non-hydrogen) atoms. The Hall–Kier alpha value is -3.85. The molecule has 0 aliphatic carbocycles. The lowest BCUT2D eigenvalue weighted by atomic mass is 10.0. The van der Waals surface area contributed by atoms with Crippen LogP contribution in [0.4, 0.5) is 5.69 Å². The van der Waals surface area contributed by atoms with E-state index in [-0.39, 0.29) is 31.3 Å². The number of hydrogen-bond donors (Lipinski definition) is 1. The van der Waals surface area contributed by atoms with Crippen molar-refractivity contribution >= 4 is 27.5 Å². The van der Waals surface area contributed by atoms with E-state index in [0.717, 1.165) is 35.1 Å². The van der Waals surface area contributed by atoms with E-state index in [4.69, 9.17) is 4.74 Å². The minimum absolute atomic E-state index is 0.0778. The first-order valence-corrected chi connectivity index (χ1v) is 16.7. The van der Waals surface area contributed by atoms with E-state index in [1.807, 2.05) is 86.6 Å². The van der Waals surface area contributed by atoms with Crippen LogP contribution in [0.5, 0.6) is 5.75 Å². The maximum atomic E-state index is 14.0. The average molecular weight is 608 g/mol. The summed E-state index contributed by atoms with van der Waals surface area (Å²) in [5.74, 6) is 0.236. The molecule has 2 amide bonds. The third-order valence-electron chi connectivity index (χ3n) is 7.37. The number of nitrogens with one attached hydrogen (secondary N) is 1. The number of anilines is 1. The SMILES string of the molecule is CCCCNC(=O)C(Cc1ccccc1)N(Cc1cccc(OC)c1)C(=O)CCCN(c1cc(C)ccc1C)S(C)(=O)=O. The Morgan fingerprint density at radius 2 is 1.65 bits per heavy atom. The number of hydrogen-bond acceptors (Lipinski definition) is 5. The number of benzene rings is 3. The molecule has 1 unspecified atom stereocenters. The number of amides is 2. The molecular formula is C34H45N3O5S. The maximum Gasteiger partial charge on any atom is 0.243 e. The second kappa shape index (κ2) is 16.1. The van der Waals surface area contributed by atoms with Crippen LogP contribution >= 0.6 is 0 Å². The van der Waals surface area contributed by atoms with Crippen LogP contribution in [0.2, 0.25) is 0 Å². The van der Waals surface area contributed by atoms with Gasteiger partial charge in [0.15, 0.2) is 0 Å². The molecule has 0 radical (unpaired) electrons. The zero-order valence-corrected chi connectivity index (χ0v) is 26.8. The van der Waals surface area contributed by atoms with Gasteiger partial charge in [-0.15, -0.1) is 0 Å². The number of unbranched alkanes of at least 4 members (excludes halogenated alkanes) is 1. The summed E-state index contributed by atoms with van der Waals surface area (Å²) in [6.45, 7) is 6.74. The van der Waals surface area contributed by atoms with Crippen LogP contribution in [-0.4, -0.2) is 57.6 Å². The van der Waals surface area contributed by atoms with Crippen molar-refractivity contribution in [2.24, 2.45) is 0 Å². The quantitative estimate of drug-likeness (QED) is 0.220. The minimum Gasteiger partial charge on any atom is -0.497 e. The number of sulfonamides is 1. The van der Waals surface area contributed by atoms with E-state index < -0.39 is 16.1 Å². The molecule has 0 aliphatic heterocycles. The first kappa shape index (κ1) is 33.6. The van der Waals surface area contributed by atoms with Crippen molar-refractivity contribution in [1.29, 1.82) is 0 Å². The molecule has 0 spiro atoms. The molecule has 0 saturated carbocycles. The van der Waals surface area contributed by atoms with E-state index in [9.17, 15) is 18.0 Å². The van der Waals surface area contributed by atoms with Gasteiger partial charge < -0.3 is 15.0 Å². The van der Waals surface area contributed by atoms with Crippen LogP contribution in [0.15, 0.2) is 72.8 Å². The molecule has 0 heterocycles. The summed E-state index contributed by atoms with van der Waals surface area (Å²) in [7, 11) is -2.00. The number of methoxy groups -OCH3 is 1. The highest BCUT2D eigenvalue weighted by molar-refractivity contribution is 7.92. The molecular weight excluding hydrogens is 562 g/mol. The van der Waals surface area contributed by atoms with Gasteiger partial charge in [-0.3, -0.25) is 13.9 Å². The minimum atomic E-state index is -3.58. The van der Waals surface area contributed by atoms with Gasteiger partial charge in [0, 0.05) is 32.5 Å². The third kappa shape index (κ3) is 10.1. The van der Waals surface area contributed by atoms with Gasteiger partial charge in [-0.2, -0.15) is 0 Å².